The molecule has 0 atom stereocenters. The highest BCUT2D eigenvalue weighted by atomic mass is 31.2. The number of hydrogen-bond donors (Lipinski definition) is 2. The number of hydrogen-bond acceptors (Lipinski definition) is 4. The summed E-state index contributed by atoms with van der Waals surface area (Å²) in [6.07, 6.45) is 6.66. The first-order valence-electron chi connectivity index (χ1n) is 3.90. The van der Waals surface area contributed by atoms with Crippen molar-refractivity contribution in [2.45, 2.75) is 38.1 Å². The zero-order valence-electron chi connectivity index (χ0n) is 8.81. The fourth-order valence-corrected chi connectivity index (χ4v) is 1.13. The lowest BCUT2D eigenvalue weighted by Crippen LogP contribution is -2.22. The van der Waals surface area contributed by atoms with Gasteiger partial charge in [0.1, 0.15) is 0 Å². The van der Waals surface area contributed by atoms with E-state index < -0.39 is 7.82 Å². The highest BCUT2D eigenvalue weighted by Gasteiger charge is 2.06. The van der Waals surface area contributed by atoms with E-state index in [0.29, 0.717) is 6.04 Å². The lowest BCUT2D eigenvalue weighted by Gasteiger charge is -2.19. The van der Waals surface area contributed by atoms with Crippen LogP contribution in [-0.4, -0.2) is 10.9 Å². The molecule has 1 saturated carbocycles. The lowest BCUT2D eigenvalue weighted by molar-refractivity contribution is -0.337. The summed E-state index contributed by atoms with van der Waals surface area (Å²) in [4.78, 5) is 24.3. The molecule has 3 N–H and O–H groups in total. The second-order valence-corrected chi connectivity index (χ2v) is 3.80. The molecule has 12 heavy (non-hydrogen) atoms. The van der Waals surface area contributed by atoms with E-state index >= 15 is 0 Å². The Hall–Kier alpha value is 0.0700. The van der Waals surface area contributed by atoms with Crippen molar-refractivity contribution >= 4 is 7.82 Å². The molecular weight excluding hydrogens is 181 g/mol. The van der Waals surface area contributed by atoms with Crippen LogP contribution in [-0.2, 0) is 4.57 Å². The van der Waals surface area contributed by atoms with Crippen LogP contribution in [0, 0.1) is 0 Å². The third-order valence-corrected chi connectivity index (χ3v) is 1.65. The first-order chi connectivity index (χ1) is 5.39. The van der Waals surface area contributed by atoms with Crippen LogP contribution in [0.15, 0.2) is 0 Å². The summed E-state index contributed by atoms with van der Waals surface area (Å²) < 4.78 is 8.66. The van der Waals surface area contributed by atoms with Crippen molar-refractivity contribution in [3.8, 4) is 0 Å². The van der Waals surface area contributed by atoms with Gasteiger partial charge < -0.3 is 25.0 Å². The van der Waals surface area contributed by atoms with Gasteiger partial charge in [-0.1, -0.05) is 19.3 Å². The summed E-state index contributed by atoms with van der Waals surface area (Å²) in [6.45, 7) is 0. The number of rotatable bonds is 0. The summed E-state index contributed by atoms with van der Waals surface area (Å²) in [6, 6.07) is 0.536. The molecule has 0 amide bonds. The van der Waals surface area contributed by atoms with Crippen LogP contribution in [0.3, 0.4) is 0 Å². The minimum Gasteiger partial charge on any atom is -0.790 e. The maximum absolute atomic E-state index is 8.66. The van der Waals surface area contributed by atoms with Crippen molar-refractivity contribution in [3.63, 3.8) is 0 Å². The largest absolute Gasteiger partial charge is 1.00 e. The smallest absolute Gasteiger partial charge is 0.790 e. The summed E-state index contributed by atoms with van der Waals surface area (Å²) in [5.74, 6) is 0. The minimum absolute atomic E-state index is 0. The monoisotopic (exact) mass is 197 g/mol. The average molecular weight is 197 g/mol. The zero-order chi connectivity index (χ0) is 9.61. The first kappa shape index (κ1) is 12.1. The molecule has 0 aliphatic heterocycles. The lowest BCUT2D eigenvalue weighted by atomic mass is 9.97. The molecule has 74 valence electrons. The standard InChI is InChI=1S/C6H13N.H3O4P/c7-6-4-2-1-3-5-6;1-5(2,3)4/h6H,1-5,7H2;(H3,1,2,3,4). The van der Waals surface area contributed by atoms with Gasteiger partial charge in [0.15, 0.2) is 0 Å². The van der Waals surface area contributed by atoms with E-state index in [2.05, 4.69) is 0 Å². The van der Waals surface area contributed by atoms with Gasteiger partial charge in [-0.25, -0.2) is 0 Å². The normalized spacial score (nSPS) is 19.7. The topological polar surface area (TPSA) is 109 Å². The summed E-state index contributed by atoms with van der Waals surface area (Å²) in [7, 11) is -5.14. The van der Waals surface area contributed by atoms with Gasteiger partial charge in [-0.3, -0.25) is 0 Å². The van der Waals surface area contributed by atoms with Crippen molar-refractivity contribution < 1.29 is 22.1 Å². The highest BCUT2D eigenvalue weighted by molar-refractivity contribution is 7.42. The quantitative estimate of drug-likeness (QED) is 0.499. The molecule has 0 aromatic rings. The van der Waals surface area contributed by atoms with Gasteiger partial charge in [0.2, 0.25) is 0 Å². The van der Waals surface area contributed by atoms with Crippen LogP contribution in [0.2, 0.25) is 0 Å². The van der Waals surface area contributed by atoms with Gasteiger partial charge in [0.25, 0.3) is 0 Å². The van der Waals surface area contributed by atoms with Gasteiger partial charge in [0.05, 0.1) is 7.82 Å². The van der Waals surface area contributed by atoms with E-state index in [0.717, 1.165) is 0 Å². The molecule has 1 aliphatic rings. The fourth-order valence-electron chi connectivity index (χ4n) is 1.13. The molecule has 1 rings (SSSR count). The van der Waals surface area contributed by atoms with Gasteiger partial charge in [-0.2, -0.15) is 0 Å². The molecule has 0 unspecified atom stereocenters. The summed E-state index contributed by atoms with van der Waals surface area (Å²) in [5, 5.41) is 0. The molecule has 5 nitrogen and oxygen atoms in total. The Morgan fingerprint density at radius 3 is 1.83 bits per heavy atom. The molecule has 0 aromatic heterocycles. The molecule has 0 spiro atoms. The summed E-state index contributed by atoms with van der Waals surface area (Å²) in [5.41, 5.74) is 5.63. The molecule has 6 heteroatoms. The Kier molecular flexibility index (Phi) is 5.70. The first-order valence-corrected chi connectivity index (χ1v) is 5.39. The van der Waals surface area contributed by atoms with Crippen molar-refractivity contribution in [3.05, 3.63) is 0 Å². The molecule has 0 radical (unpaired) electrons. The van der Waals surface area contributed by atoms with Gasteiger partial charge in [-0.05, 0) is 12.8 Å². The minimum atomic E-state index is -5.14. The highest BCUT2D eigenvalue weighted by Crippen LogP contribution is 2.14. The Bertz CT molecular complexity index is 152. The van der Waals surface area contributed by atoms with Crippen LogP contribution in [0.5, 0.6) is 0 Å². The van der Waals surface area contributed by atoms with E-state index in [-0.39, 0.29) is 2.85 Å². The Labute approximate surface area is 74.8 Å². The third kappa shape index (κ3) is 12.7. The number of phosphoric acid groups is 1. The third-order valence-electron chi connectivity index (χ3n) is 1.65. The van der Waals surface area contributed by atoms with E-state index in [1.54, 1.807) is 0 Å². The van der Waals surface area contributed by atoms with Crippen molar-refractivity contribution in [2.75, 3.05) is 0 Å². The van der Waals surface area contributed by atoms with E-state index in [1.807, 2.05) is 0 Å². The maximum atomic E-state index is 8.66. The average Bonchev–Trinajstić information content (AvgIpc) is 1.85. The second kappa shape index (κ2) is 5.67. The van der Waals surface area contributed by atoms with Crippen LogP contribution < -0.4 is 15.5 Å². The Balaban J connectivity index is -0.000000159. The molecule has 0 aromatic carbocycles. The molecule has 0 heterocycles. The number of nitrogens with two attached hydrogens (primary N) is 1. The van der Waals surface area contributed by atoms with Crippen LogP contribution in [0.1, 0.15) is 35.0 Å². The van der Waals surface area contributed by atoms with Gasteiger partial charge >= 0.3 is 2.85 Å². The van der Waals surface area contributed by atoms with Gasteiger partial charge in [0, 0.05) is 6.04 Å². The van der Waals surface area contributed by atoms with Crippen molar-refractivity contribution in [1.29, 1.82) is 0 Å². The van der Waals surface area contributed by atoms with E-state index in [1.165, 1.54) is 32.1 Å². The second-order valence-electron chi connectivity index (χ2n) is 2.87. The molecule has 0 bridgehead atoms. The Morgan fingerprint density at radius 2 is 1.67 bits per heavy atom. The van der Waals surface area contributed by atoms with Crippen LogP contribution >= 0.6 is 7.82 Å². The van der Waals surface area contributed by atoms with Crippen molar-refractivity contribution in [2.24, 2.45) is 5.73 Å². The molecule has 1 fully saturated rings. The molecular formula is C6H16NO4P. The van der Waals surface area contributed by atoms with E-state index in [9.17, 15) is 0 Å². The molecule has 1 aliphatic carbocycles. The van der Waals surface area contributed by atoms with Crippen LogP contribution in [0.25, 0.3) is 0 Å². The SMILES string of the molecule is NC1CCCCC1.O=P([O-])([O-])O.[H+].[H+]. The fraction of sp³-hybridized carbons (Fsp3) is 1.00. The summed E-state index contributed by atoms with van der Waals surface area (Å²) >= 11 is 0. The zero-order valence-corrected chi connectivity index (χ0v) is 7.70. The predicted molar refractivity (Wildman–Crippen MR) is 43.1 cm³/mol. The van der Waals surface area contributed by atoms with E-state index in [4.69, 9.17) is 25.0 Å². The van der Waals surface area contributed by atoms with Crippen LogP contribution in [0.4, 0.5) is 0 Å². The maximum Gasteiger partial charge on any atom is 1.00 e. The molecule has 0 saturated heterocycles. The van der Waals surface area contributed by atoms with Gasteiger partial charge in [-0.15, -0.1) is 0 Å². The predicted octanol–water partition coefficient (Wildman–Crippen LogP) is -0.690. The van der Waals surface area contributed by atoms with Crippen molar-refractivity contribution in [1.82, 2.24) is 0 Å². The Morgan fingerprint density at radius 1 is 1.33 bits per heavy atom.